The summed E-state index contributed by atoms with van der Waals surface area (Å²) in [5.41, 5.74) is 0.901. The van der Waals surface area contributed by atoms with Crippen LogP contribution in [0.2, 0.25) is 0 Å². The van der Waals surface area contributed by atoms with Crippen LogP contribution in [-0.2, 0) is 0 Å². The van der Waals surface area contributed by atoms with Gasteiger partial charge in [0.2, 0.25) is 4.77 Å². The number of aliphatic hydroxyl groups is 1. The molecule has 0 fully saturated rings. The Morgan fingerprint density at radius 3 is 2.58 bits per heavy atom. The number of hydrogen-bond donors (Lipinski definition) is 1. The van der Waals surface area contributed by atoms with Gasteiger partial charge in [0.15, 0.2) is 0 Å². The normalized spacial score (nSPS) is 12.5. The van der Waals surface area contributed by atoms with Crippen molar-refractivity contribution in [1.82, 2.24) is 19.8 Å². The molecule has 0 saturated heterocycles. The predicted octanol–water partition coefficient (Wildman–Crippen LogP) is 2.52. The number of rotatable bonds is 6. The lowest BCUT2D eigenvalue weighted by Crippen LogP contribution is -2.13. The first-order valence-electron chi connectivity index (χ1n) is 6.48. The van der Waals surface area contributed by atoms with Gasteiger partial charge in [-0.1, -0.05) is 31.5 Å². The lowest BCUT2D eigenvalue weighted by Gasteiger charge is -2.13. The first kappa shape index (κ1) is 13.9. The summed E-state index contributed by atoms with van der Waals surface area (Å²) in [6.45, 7) is 2.24. The van der Waals surface area contributed by atoms with E-state index in [2.05, 4.69) is 17.4 Å². The average Bonchev–Trinajstić information content (AvgIpc) is 2.81. The van der Waals surface area contributed by atoms with Gasteiger partial charge in [-0.05, 0) is 47.6 Å². The molecule has 1 atom stereocenters. The molecule has 0 amide bonds. The van der Waals surface area contributed by atoms with E-state index >= 15 is 0 Å². The van der Waals surface area contributed by atoms with Crippen molar-refractivity contribution in [3.05, 3.63) is 35.1 Å². The standard InChI is InChI=1S/C13H18N4OS/c1-2-6-11(9-10-18)16-13(19)17(15-14-16)12-7-4-3-5-8-12/h3-5,7-8,11,18H,2,6,9-10H2,1H3/t11-/m1/s1. The Bertz CT molecular complexity index is 558. The van der Waals surface area contributed by atoms with E-state index in [4.69, 9.17) is 17.3 Å². The molecule has 1 heterocycles. The van der Waals surface area contributed by atoms with Crippen LogP contribution < -0.4 is 0 Å². The molecule has 0 saturated carbocycles. The Morgan fingerprint density at radius 1 is 1.21 bits per heavy atom. The highest BCUT2D eigenvalue weighted by molar-refractivity contribution is 7.71. The van der Waals surface area contributed by atoms with Crippen LogP contribution in [0.3, 0.4) is 0 Å². The molecule has 0 radical (unpaired) electrons. The molecule has 0 aliphatic heterocycles. The fraction of sp³-hybridized carbons (Fsp3) is 0.462. The van der Waals surface area contributed by atoms with Crippen molar-refractivity contribution < 1.29 is 5.11 Å². The van der Waals surface area contributed by atoms with Crippen LogP contribution in [0.5, 0.6) is 0 Å². The highest BCUT2D eigenvalue weighted by Gasteiger charge is 2.14. The maximum absolute atomic E-state index is 9.14. The van der Waals surface area contributed by atoms with E-state index in [-0.39, 0.29) is 12.6 Å². The number of aromatic nitrogens is 4. The largest absolute Gasteiger partial charge is 0.396 e. The molecule has 2 aromatic rings. The molecule has 1 aromatic heterocycles. The molecule has 6 heteroatoms. The maximum atomic E-state index is 9.14. The second kappa shape index (κ2) is 6.58. The number of benzene rings is 1. The molecular formula is C13H18N4OS. The van der Waals surface area contributed by atoms with Gasteiger partial charge < -0.3 is 5.11 Å². The zero-order valence-corrected chi connectivity index (χ0v) is 11.8. The Labute approximate surface area is 117 Å². The number of tetrazole rings is 1. The van der Waals surface area contributed by atoms with E-state index < -0.39 is 0 Å². The summed E-state index contributed by atoms with van der Waals surface area (Å²) >= 11 is 5.43. The predicted molar refractivity (Wildman–Crippen MR) is 75.8 cm³/mol. The maximum Gasteiger partial charge on any atom is 0.220 e. The van der Waals surface area contributed by atoms with Crippen molar-refractivity contribution in [1.29, 1.82) is 0 Å². The van der Waals surface area contributed by atoms with Crippen LogP contribution >= 0.6 is 12.2 Å². The zero-order valence-electron chi connectivity index (χ0n) is 10.9. The van der Waals surface area contributed by atoms with Crippen LogP contribution in [-0.4, -0.2) is 31.5 Å². The average molecular weight is 278 g/mol. The van der Waals surface area contributed by atoms with Crippen LogP contribution in [0.4, 0.5) is 0 Å². The van der Waals surface area contributed by atoms with Gasteiger partial charge in [-0.3, -0.25) is 0 Å². The van der Waals surface area contributed by atoms with Gasteiger partial charge in [0.05, 0.1) is 11.7 Å². The lowest BCUT2D eigenvalue weighted by molar-refractivity contribution is 0.242. The lowest BCUT2D eigenvalue weighted by atomic mass is 10.1. The molecule has 1 N–H and O–H groups in total. The van der Waals surface area contributed by atoms with E-state index in [1.807, 2.05) is 30.3 Å². The monoisotopic (exact) mass is 278 g/mol. The quantitative estimate of drug-likeness (QED) is 0.825. The van der Waals surface area contributed by atoms with E-state index in [0.717, 1.165) is 18.5 Å². The van der Waals surface area contributed by atoms with E-state index in [1.165, 1.54) is 0 Å². The Balaban J connectivity index is 2.34. The second-order valence-electron chi connectivity index (χ2n) is 4.41. The minimum atomic E-state index is 0.111. The van der Waals surface area contributed by atoms with Gasteiger partial charge in [-0.25, -0.2) is 4.68 Å². The van der Waals surface area contributed by atoms with E-state index in [9.17, 15) is 0 Å². The molecule has 0 aliphatic rings. The highest BCUT2D eigenvalue weighted by atomic mass is 32.1. The minimum absolute atomic E-state index is 0.111. The summed E-state index contributed by atoms with van der Waals surface area (Å²) in [6.07, 6.45) is 2.60. The zero-order chi connectivity index (χ0) is 13.7. The molecular weight excluding hydrogens is 260 g/mol. The van der Waals surface area contributed by atoms with Gasteiger partial charge in [-0.15, -0.1) is 0 Å². The van der Waals surface area contributed by atoms with Crippen molar-refractivity contribution in [2.45, 2.75) is 32.2 Å². The van der Waals surface area contributed by atoms with E-state index in [0.29, 0.717) is 11.2 Å². The van der Waals surface area contributed by atoms with Crippen molar-refractivity contribution in [3.63, 3.8) is 0 Å². The second-order valence-corrected chi connectivity index (χ2v) is 4.77. The fourth-order valence-electron chi connectivity index (χ4n) is 2.09. The molecule has 0 unspecified atom stereocenters. The Kier molecular flexibility index (Phi) is 4.81. The summed E-state index contributed by atoms with van der Waals surface area (Å²) in [5, 5.41) is 17.4. The topological polar surface area (TPSA) is 55.9 Å². The van der Waals surface area contributed by atoms with E-state index in [1.54, 1.807) is 9.36 Å². The van der Waals surface area contributed by atoms with Gasteiger partial charge in [0.1, 0.15) is 0 Å². The van der Waals surface area contributed by atoms with Crippen LogP contribution in [0, 0.1) is 4.77 Å². The molecule has 19 heavy (non-hydrogen) atoms. The Morgan fingerprint density at radius 2 is 1.95 bits per heavy atom. The number of hydrogen-bond acceptors (Lipinski definition) is 4. The number of para-hydroxylation sites is 1. The van der Waals surface area contributed by atoms with Crippen molar-refractivity contribution in [2.24, 2.45) is 0 Å². The summed E-state index contributed by atoms with van der Waals surface area (Å²) in [5.74, 6) is 0. The molecule has 5 nitrogen and oxygen atoms in total. The highest BCUT2D eigenvalue weighted by Crippen LogP contribution is 2.18. The number of aliphatic hydroxyl groups excluding tert-OH is 1. The molecule has 102 valence electrons. The summed E-state index contributed by atoms with van der Waals surface area (Å²) in [6, 6.07) is 9.81. The van der Waals surface area contributed by atoms with Crippen LogP contribution in [0.1, 0.15) is 32.2 Å². The molecule has 0 bridgehead atoms. The van der Waals surface area contributed by atoms with Gasteiger partial charge in [-0.2, -0.15) is 4.68 Å². The smallest absolute Gasteiger partial charge is 0.220 e. The third-order valence-corrected chi connectivity index (χ3v) is 3.39. The summed E-state index contributed by atoms with van der Waals surface area (Å²) in [7, 11) is 0. The SMILES string of the molecule is CCC[C@H](CCO)n1nnn(-c2ccccc2)c1=S. The van der Waals surface area contributed by atoms with Crippen LogP contribution in [0.15, 0.2) is 30.3 Å². The third-order valence-electron chi connectivity index (χ3n) is 3.03. The van der Waals surface area contributed by atoms with Gasteiger partial charge in [0, 0.05) is 6.61 Å². The molecule has 0 aliphatic carbocycles. The molecule has 1 aromatic carbocycles. The number of nitrogens with zero attached hydrogens (tertiary/aromatic N) is 4. The summed E-state index contributed by atoms with van der Waals surface area (Å²) in [4.78, 5) is 0. The first-order valence-corrected chi connectivity index (χ1v) is 6.89. The van der Waals surface area contributed by atoms with Crippen molar-refractivity contribution >= 4 is 12.2 Å². The fourth-order valence-corrected chi connectivity index (χ4v) is 2.42. The Hall–Kier alpha value is -1.53. The van der Waals surface area contributed by atoms with Gasteiger partial charge >= 0.3 is 0 Å². The first-order chi connectivity index (χ1) is 9.27. The van der Waals surface area contributed by atoms with Crippen molar-refractivity contribution in [3.8, 4) is 5.69 Å². The minimum Gasteiger partial charge on any atom is -0.396 e. The molecule has 2 rings (SSSR count). The van der Waals surface area contributed by atoms with Gasteiger partial charge in [0.25, 0.3) is 0 Å². The van der Waals surface area contributed by atoms with Crippen LogP contribution in [0.25, 0.3) is 5.69 Å². The summed E-state index contributed by atoms with van der Waals surface area (Å²) < 4.78 is 3.95. The van der Waals surface area contributed by atoms with Crippen molar-refractivity contribution in [2.75, 3.05) is 6.61 Å². The third kappa shape index (κ3) is 3.08. The molecule has 0 spiro atoms.